The predicted molar refractivity (Wildman–Crippen MR) is 79.3 cm³/mol. The van der Waals surface area contributed by atoms with E-state index in [1.807, 2.05) is 0 Å². The molecule has 0 fully saturated rings. The van der Waals surface area contributed by atoms with E-state index in [2.05, 4.69) is 4.74 Å². The van der Waals surface area contributed by atoms with Crippen LogP contribution in [0.25, 0.3) is 11.1 Å². The summed E-state index contributed by atoms with van der Waals surface area (Å²) in [5, 5.41) is -4.67. The first-order valence-corrected chi connectivity index (χ1v) is 8.31. The Morgan fingerprint density at radius 3 is 1.96 bits per heavy atom. The lowest BCUT2D eigenvalue weighted by molar-refractivity contribution is -0.150. The summed E-state index contributed by atoms with van der Waals surface area (Å²) >= 11 is 0. The summed E-state index contributed by atoms with van der Waals surface area (Å²) in [7, 11) is -5.90. The third-order valence-electron chi connectivity index (χ3n) is 3.82. The van der Waals surface area contributed by atoms with Crippen LogP contribution in [0.2, 0.25) is 0 Å². The topological polar surface area (TPSA) is 83.5 Å². The van der Waals surface area contributed by atoms with Crippen molar-refractivity contribution < 1.29 is 31.3 Å². The van der Waals surface area contributed by atoms with E-state index in [1.165, 1.54) is 0 Å². The minimum atomic E-state index is -5.90. The first-order valence-electron chi connectivity index (χ1n) is 6.90. The normalized spacial score (nSPS) is 14.1. The van der Waals surface area contributed by atoms with Gasteiger partial charge in [-0.15, -0.1) is 0 Å². The molecule has 0 spiro atoms. The van der Waals surface area contributed by atoms with Gasteiger partial charge in [0.05, 0.1) is 0 Å². The molecule has 0 aromatic heterocycles. The van der Waals surface area contributed by atoms with Gasteiger partial charge in [-0.3, -0.25) is 4.79 Å². The maximum absolute atomic E-state index is 13.2. The molecular weight excluding hydrogens is 342 g/mol. The van der Waals surface area contributed by atoms with Crippen molar-refractivity contribution in [2.75, 3.05) is 6.61 Å². The van der Waals surface area contributed by atoms with E-state index in [1.54, 1.807) is 48.5 Å². The molecule has 0 atom stereocenters. The molecule has 2 aromatic carbocycles. The zero-order valence-electron chi connectivity index (χ0n) is 12.1. The highest BCUT2D eigenvalue weighted by atomic mass is 32.2. The fourth-order valence-corrected chi connectivity index (χ4v) is 2.92. The first kappa shape index (κ1) is 16.5. The minimum absolute atomic E-state index is 0.581. The molecule has 1 aliphatic carbocycles. The van der Waals surface area contributed by atoms with Gasteiger partial charge >= 0.3 is 11.2 Å². The van der Waals surface area contributed by atoms with Crippen LogP contribution < -0.4 is 0 Å². The molecule has 126 valence electrons. The molecule has 2 aromatic rings. The first-order chi connectivity index (χ1) is 11.2. The van der Waals surface area contributed by atoms with Gasteiger partial charge in [0.25, 0.3) is 0 Å². The molecule has 0 amide bonds. The van der Waals surface area contributed by atoms with Crippen molar-refractivity contribution in [3.63, 3.8) is 0 Å². The molecular formula is C16H11F2O5S-. The summed E-state index contributed by atoms with van der Waals surface area (Å²) in [6.07, 6.45) is 0. The zero-order chi connectivity index (χ0) is 17.5. The monoisotopic (exact) mass is 353 g/mol. The van der Waals surface area contributed by atoms with Crippen LogP contribution in [-0.2, 0) is 19.6 Å². The molecule has 8 heteroatoms. The molecule has 0 saturated heterocycles. The van der Waals surface area contributed by atoms with Crippen molar-refractivity contribution in [3.05, 3.63) is 59.7 Å². The van der Waals surface area contributed by atoms with Gasteiger partial charge in [-0.2, -0.15) is 8.78 Å². The van der Waals surface area contributed by atoms with Crippen LogP contribution in [0.5, 0.6) is 0 Å². The highest BCUT2D eigenvalue weighted by Crippen LogP contribution is 2.45. The second-order valence-corrected chi connectivity index (χ2v) is 6.81. The Kier molecular flexibility index (Phi) is 3.89. The SMILES string of the molecule is O=C(OCC(F)(F)S(=O)(=O)[O-])C1c2ccccc2-c2ccccc21. The van der Waals surface area contributed by atoms with Gasteiger partial charge in [-0.25, -0.2) is 8.42 Å². The molecule has 5 nitrogen and oxygen atoms in total. The molecule has 24 heavy (non-hydrogen) atoms. The summed E-state index contributed by atoms with van der Waals surface area (Å²) in [5.41, 5.74) is 2.71. The molecule has 0 heterocycles. The van der Waals surface area contributed by atoms with Crippen LogP contribution in [0, 0.1) is 0 Å². The van der Waals surface area contributed by atoms with Gasteiger partial charge in [-0.05, 0) is 22.3 Å². The highest BCUT2D eigenvalue weighted by molar-refractivity contribution is 7.86. The molecule has 0 radical (unpaired) electrons. The van der Waals surface area contributed by atoms with E-state index >= 15 is 0 Å². The summed E-state index contributed by atoms with van der Waals surface area (Å²) in [6.45, 7) is -1.81. The number of carbonyl (C=O) groups is 1. The van der Waals surface area contributed by atoms with Crippen molar-refractivity contribution in [3.8, 4) is 11.1 Å². The van der Waals surface area contributed by atoms with E-state index < -0.39 is 33.9 Å². The van der Waals surface area contributed by atoms with Gasteiger partial charge < -0.3 is 9.29 Å². The Hall–Kier alpha value is -2.32. The number of ether oxygens (including phenoxy) is 1. The number of carbonyl (C=O) groups excluding carboxylic acids is 1. The van der Waals surface area contributed by atoms with Crippen LogP contribution in [0.4, 0.5) is 8.78 Å². The van der Waals surface area contributed by atoms with Gasteiger partial charge in [-0.1, -0.05) is 48.5 Å². The van der Waals surface area contributed by atoms with E-state index in [4.69, 9.17) is 0 Å². The molecule has 0 bridgehead atoms. The van der Waals surface area contributed by atoms with Crippen molar-refractivity contribution in [1.29, 1.82) is 0 Å². The smallest absolute Gasteiger partial charge is 0.367 e. The fourth-order valence-electron chi connectivity index (χ4n) is 2.72. The van der Waals surface area contributed by atoms with E-state index in [0.717, 1.165) is 11.1 Å². The quantitative estimate of drug-likeness (QED) is 0.623. The van der Waals surface area contributed by atoms with E-state index in [0.29, 0.717) is 11.1 Å². The Labute approximate surface area is 136 Å². The Bertz CT molecular complexity index is 863. The molecule has 0 saturated carbocycles. The summed E-state index contributed by atoms with van der Waals surface area (Å²) < 4.78 is 62.3. The number of alkyl halides is 2. The third-order valence-corrected chi connectivity index (χ3v) is 4.67. The molecule has 0 N–H and O–H groups in total. The Morgan fingerprint density at radius 2 is 1.50 bits per heavy atom. The maximum atomic E-state index is 13.2. The maximum Gasteiger partial charge on any atom is 0.367 e. The minimum Gasteiger partial charge on any atom is -0.743 e. The summed E-state index contributed by atoms with van der Waals surface area (Å²) in [4.78, 5) is 12.3. The standard InChI is InChI=1S/C16H12F2O5S/c17-16(18,24(20,21)22)9-23-15(19)14-12-7-3-1-5-10(12)11-6-2-4-8-13(11)14/h1-8,14H,9H2,(H,20,21,22)/p-1. The lowest BCUT2D eigenvalue weighted by Gasteiger charge is -2.21. The Morgan fingerprint density at radius 1 is 1.04 bits per heavy atom. The van der Waals surface area contributed by atoms with Crippen LogP contribution in [0.3, 0.4) is 0 Å². The fraction of sp³-hybridized carbons (Fsp3) is 0.188. The molecule has 3 rings (SSSR count). The summed E-state index contributed by atoms with van der Waals surface area (Å²) in [6, 6.07) is 13.9. The van der Waals surface area contributed by atoms with Crippen molar-refractivity contribution in [2.24, 2.45) is 0 Å². The average Bonchev–Trinajstić information content (AvgIpc) is 2.86. The van der Waals surface area contributed by atoms with Gasteiger partial charge in [0, 0.05) is 0 Å². The number of esters is 1. The van der Waals surface area contributed by atoms with Crippen molar-refractivity contribution >= 4 is 16.1 Å². The number of fused-ring (bicyclic) bond motifs is 3. The third kappa shape index (κ3) is 2.67. The average molecular weight is 353 g/mol. The second kappa shape index (κ2) is 5.64. The number of rotatable bonds is 4. The van der Waals surface area contributed by atoms with Crippen LogP contribution in [0.1, 0.15) is 17.0 Å². The zero-order valence-corrected chi connectivity index (χ0v) is 12.9. The van der Waals surface area contributed by atoms with Crippen molar-refractivity contribution in [2.45, 2.75) is 11.2 Å². The lowest BCUT2D eigenvalue weighted by atomic mass is 9.97. The Balaban J connectivity index is 1.91. The number of hydrogen-bond donors (Lipinski definition) is 0. The molecule has 1 aliphatic rings. The largest absolute Gasteiger partial charge is 0.743 e. The number of halogens is 2. The van der Waals surface area contributed by atoms with Crippen LogP contribution in [-0.4, -0.2) is 30.8 Å². The highest BCUT2D eigenvalue weighted by Gasteiger charge is 2.41. The summed E-state index contributed by atoms with van der Waals surface area (Å²) in [5.74, 6) is -1.97. The van der Waals surface area contributed by atoms with E-state index in [9.17, 15) is 26.5 Å². The predicted octanol–water partition coefficient (Wildman–Crippen LogP) is 2.48. The van der Waals surface area contributed by atoms with Gasteiger partial charge in [0.15, 0.2) is 16.7 Å². The van der Waals surface area contributed by atoms with E-state index in [-0.39, 0.29) is 0 Å². The lowest BCUT2D eigenvalue weighted by Crippen LogP contribution is -2.35. The second-order valence-electron chi connectivity index (χ2n) is 5.31. The van der Waals surface area contributed by atoms with Crippen LogP contribution in [0.15, 0.2) is 48.5 Å². The molecule has 0 unspecified atom stereocenters. The van der Waals surface area contributed by atoms with Crippen LogP contribution >= 0.6 is 0 Å². The van der Waals surface area contributed by atoms with Crippen molar-refractivity contribution in [1.82, 2.24) is 0 Å². The van der Waals surface area contributed by atoms with Gasteiger partial charge in [0.1, 0.15) is 5.92 Å². The van der Waals surface area contributed by atoms with Gasteiger partial charge in [0.2, 0.25) is 0 Å². The number of hydrogen-bond acceptors (Lipinski definition) is 5. The molecule has 0 aliphatic heterocycles. The number of benzene rings is 2.